The van der Waals surface area contributed by atoms with E-state index in [4.69, 9.17) is 10.3 Å². The number of hydrogen-bond acceptors (Lipinski definition) is 4. The first kappa shape index (κ1) is 9.65. The van der Waals surface area contributed by atoms with Crippen molar-refractivity contribution in [3.63, 3.8) is 0 Å². The van der Waals surface area contributed by atoms with Gasteiger partial charge < -0.3 is 15.2 Å². The molecule has 2 heterocycles. The number of nitrogen functional groups attached to an aromatic ring is 1. The van der Waals surface area contributed by atoms with Gasteiger partial charge in [-0.05, 0) is 0 Å². The Morgan fingerprint density at radius 3 is 2.65 bits per heavy atom. The summed E-state index contributed by atoms with van der Waals surface area (Å²) in [6.45, 7) is 0. The van der Waals surface area contributed by atoms with Crippen LogP contribution in [0, 0.1) is 0 Å². The van der Waals surface area contributed by atoms with E-state index in [1.807, 2.05) is 24.3 Å². The molecule has 2 aromatic heterocycles. The van der Waals surface area contributed by atoms with Gasteiger partial charge >= 0.3 is 0 Å². The molecule has 3 N–H and O–H groups in total. The lowest BCUT2D eigenvalue weighted by Crippen LogP contribution is -1.86. The fourth-order valence-electron chi connectivity index (χ4n) is 1.74. The molecule has 0 bridgehead atoms. The number of aromatic nitrogens is 3. The van der Waals surface area contributed by atoms with Crippen molar-refractivity contribution in [2.24, 2.45) is 0 Å². The number of rotatable bonds is 2. The van der Waals surface area contributed by atoms with Crippen molar-refractivity contribution in [3.8, 4) is 22.6 Å². The molecule has 0 atom stereocenters. The number of nitrogens with one attached hydrogen (secondary N) is 1. The molecule has 84 valence electrons. The molecule has 0 radical (unpaired) electrons. The van der Waals surface area contributed by atoms with Gasteiger partial charge in [0, 0.05) is 29.6 Å². The first-order valence-electron chi connectivity index (χ1n) is 5.16. The van der Waals surface area contributed by atoms with E-state index in [2.05, 4.69) is 15.1 Å². The van der Waals surface area contributed by atoms with Crippen LogP contribution < -0.4 is 5.73 Å². The molecule has 0 spiro atoms. The summed E-state index contributed by atoms with van der Waals surface area (Å²) >= 11 is 0. The van der Waals surface area contributed by atoms with Gasteiger partial charge in [-0.1, -0.05) is 29.4 Å². The standard InChI is InChI=1S/C12H10N4O/c13-11-7-10(16-17-11)8-3-1-2-4-9(8)12-14-5-6-15-12/h1-7H,13H2,(H,14,15). The second kappa shape index (κ2) is 3.79. The minimum Gasteiger partial charge on any atom is -0.368 e. The Balaban J connectivity index is 2.17. The average Bonchev–Trinajstić information content (AvgIpc) is 3.00. The number of H-pyrrole nitrogens is 1. The van der Waals surface area contributed by atoms with E-state index < -0.39 is 0 Å². The van der Waals surface area contributed by atoms with Gasteiger partial charge in [0.2, 0.25) is 5.88 Å². The van der Waals surface area contributed by atoms with Crippen LogP contribution >= 0.6 is 0 Å². The highest BCUT2D eigenvalue weighted by Gasteiger charge is 2.11. The molecular formula is C12H10N4O. The predicted molar refractivity (Wildman–Crippen MR) is 63.9 cm³/mol. The molecule has 5 nitrogen and oxygen atoms in total. The Hall–Kier alpha value is -2.56. The van der Waals surface area contributed by atoms with Crippen LogP contribution in [-0.4, -0.2) is 15.1 Å². The van der Waals surface area contributed by atoms with Crippen LogP contribution in [0.15, 0.2) is 47.2 Å². The first-order chi connectivity index (χ1) is 8.34. The summed E-state index contributed by atoms with van der Waals surface area (Å²) in [5, 5.41) is 3.91. The molecule has 0 aliphatic rings. The van der Waals surface area contributed by atoms with Crippen LogP contribution in [0.3, 0.4) is 0 Å². The summed E-state index contributed by atoms with van der Waals surface area (Å²) in [5.74, 6) is 1.09. The average molecular weight is 226 g/mol. The second-order valence-electron chi connectivity index (χ2n) is 3.60. The van der Waals surface area contributed by atoms with Crippen molar-refractivity contribution in [1.29, 1.82) is 0 Å². The summed E-state index contributed by atoms with van der Waals surface area (Å²) in [6.07, 6.45) is 3.49. The molecular weight excluding hydrogens is 216 g/mol. The zero-order chi connectivity index (χ0) is 11.7. The van der Waals surface area contributed by atoms with E-state index in [1.165, 1.54) is 0 Å². The summed E-state index contributed by atoms with van der Waals surface area (Å²) in [7, 11) is 0. The lowest BCUT2D eigenvalue weighted by atomic mass is 10.0. The molecule has 0 amide bonds. The molecule has 1 aromatic carbocycles. The van der Waals surface area contributed by atoms with Crippen molar-refractivity contribution < 1.29 is 4.52 Å². The number of nitrogens with zero attached hydrogens (tertiary/aromatic N) is 2. The van der Waals surface area contributed by atoms with Gasteiger partial charge in [0.15, 0.2) is 0 Å². The topological polar surface area (TPSA) is 80.7 Å². The fraction of sp³-hybridized carbons (Fsp3) is 0. The molecule has 0 aliphatic carbocycles. The SMILES string of the molecule is Nc1cc(-c2ccccc2-c2ncc[nH]2)no1. The van der Waals surface area contributed by atoms with E-state index in [0.717, 1.165) is 17.0 Å². The largest absolute Gasteiger partial charge is 0.368 e. The number of anilines is 1. The van der Waals surface area contributed by atoms with Crippen molar-refractivity contribution in [3.05, 3.63) is 42.7 Å². The maximum absolute atomic E-state index is 5.53. The van der Waals surface area contributed by atoms with Gasteiger partial charge in [-0.25, -0.2) is 4.98 Å². The van der Waals surface area contributed by atoms with Crippen LogP contribution in [0.25, 0.3) is 22.6 Å². The van der Waals surface area contributed by atoms with E-state index in [1.54, 1.807) is 18.5 Å². The third-order valence-electron chi connectivity index (χ3n) is 2.48. The molecule has 0 fully saturated rings. The van der Waals surface area contributed by atoms with E-state index >= 15 is 0 Å². The van der Waals surface area contributed by atoms with Gasteiger partial charge in [0.25, 0.3) is 0 Å². The quantitative estimate of drug-likeness (QED) is 0.702. The Bertz CT molecular complexity index is 628. The van der Waals surface area contributed by atoms with E-state index in [9.17, 15) is 0 Å². The van der Waals surface area contributed by atoms with Crippen LogP contribution in [-0.2, 0) is 0 Å². The Morgan fingerprint density at radius 2 is 2.00 bits per heavy atom. The second-order valence-corrected chi connectivity index (χ2v) is 3.60. The van der Waals surface area contributed by atoms with Crippen molar-refractivity contribution >= 4 is 5.88 Å². The molecule has 0 aliphatic heterocycles. The summed E-state index contributed by atoms with van der Waals surface area (Å²) in [5.41, 5.74) is 8.13. The molecule has 5 heteroatoms. The molecule has 3 rings (SSSR count). The minimum atomic E-state index is 0.300. The van der Waals surface area contributed by atoms with Gasteiger partial charge in [-0.3, -0.25) is 0 Å². The number of nitrogens with two attached hydrogens (primary N) is 1. The highest BCUT2D eigenvalue weighted by atomic mass is 16.5. The monoisotopic (exact) mass is 226 g/mol. The maximum Gasteiger partial charge on any atom is 0.222 e. The summed E-state index contributed by atoms with van der Waals surface area (Å²) in [4.78, 5) is 7.30. The number of imidazole rings is 1. The highest BCUT2D eigenvalue weighted by molar-refractivity contribution is 5.79. The maximum atomic E-state index is 5.53. The van der Waals surface area contributed by atoms with E-state index in [-0.39, 0.29) is 0 Å². The molecule has 0 unspecified atom stereocenters. The third-order valence-corrected chi connectivity index (χ3v) is 2.48. The van der Waals surface area contributed by atoms with Gasteiger partial charge in [-0.15, -0.1) is 0 Å². The minimum absolute atomic E-state index is 0.300. The Morgan fingerprint density at radius 1 is 1.18 bits per heavy atom. The summed E-state index contributed by atoms with van der Waals surface area (Å²) < 4.78 is 4.89. The molecule has 17 heavy (non-hydrogen) atoms. The fourth-order valence-corrected chi connectivity index (χ4v) is 1.74. The zero-order valence-electron chi connectivity index (χ0n) is 8.92. The lowest BCUT2D eigenvalue weighted by molar-refractivity contribution is 0.439. The molecule has 3 aromatic rings. The van der Waals surface area contributed by atoms with Gasteiger partial charge in [0.05, 0.1) is 0 Å². The van der Waals surface area contributed by atoms with Crippen LogP contribution in [0.4, 0.5) is 5.88 Å². The zero-order valence-corrected chi connectivity index (χ0v) is 8.92. The van der Waals surface area contributed by atoms with Crippen molar-refractivity contribution in [2.75, 3.05) is 5.73 Å². The first-order valence-corrected chi connectivity index (χ1v) is 5.16. The smallest absolute Gasteiger partial charge is 0.222 e. The number of benzene rings is 1. The molecule has 0 saturated carbocycles. The van der Waals surface area contributed by atoms with Crippen LogP contribution in [0.2, 0.25) is 0 Å². The Labute approximate surface area is 97.3 Å². The van der Waals surface area contributed by atoms with Crippen molar-refractivity contribution in [1.82, 2.24) is 15.1 Å². The highest BCUT2D eigenvalue weighted by Crippen LogP contribution is 2.29. The normalized spacial score (nSPS) is 10.6. The lowest BCUT2D eigenvalue weighted by Gasteiger charge is -2.03. The Kier molecular flexibility index (Phi) is 2.15. The summed E-state index contributed by atoms with van der Waals surface area (Å²) in [6, 6.07) is 9.51. The third kappa shape index (κ3) is 1.67. The van der Waals surface area contributed by atoms with Crippen LogP contribution in [0.5, 0.6) is 0 Å². The van der Waals surface area contributed by atoms with Crippen LogP contribution in [0.1, 0.15) is 0 Å². The van der Waals surface area contributed by atoms with E-state index in [0.29, 0.717) is 11.6 Å². The van der Waals surface area contributed by atoms with Gasteiger partial charge in [0.1, 0.15) is 11.5 Å². The number of aromatic amines is 1. The van der Waals surface area contributed by atoms with Crippen molar-refractivity contribution in [2.45, 2.75) is 0 Å². The number of hydrogen-bond donors (Lipinski definition) is 2. The predicted octanol–water partition coefficient (Wildman–Crippen LogP) is 2.31. The molecule has 0 saturated heterocycles. The van der Waals surface area contributed by atoms with Gasteiger partial charge in [-0.2, -0.15) is 0 Å².